The third-order valence-corrected chi connectivity index (χ3v) is 7.27. The lowest BCUT2D eigenvalue weighted by Gasteiger charge is -2.30. The maximum absolute atomic E-state index is 13.0. The lowest BCUT2D eigenvalue weighted by atomic mass is 9.93. The lowest BCUT2D eigenvalue weighted by molar-refractivity contribution is 0.0709. The van der Waals surface area contributed by atoms with Crippen LogP contribution < -0.4 is 5.73 Å². The van der Waals surface area contributed by atoms with Gasteiger partial charge in [-0.05, 0) is 69.2 Å². The Balaban J connectivity index is 1.37. The Kier molecular flexibility index (Phi) is 4.42. The SMILES string of the molecule is Cn1c(-c2cc(C3CC3)nn2C2CCC2)nc2cc(C(=O)N3CCC[C@@H](N)C3)ccc21. The average molecular weight is 419 g/mol. The molecule has 2 saturated carbocycles. The van der Waals surface area contributed by atoms with E-state index in [0.29, 0.717) is 24.1 Å². The fourth-order valence-electron chi connectivity index (χ4n) is 5.01. The van der Waals surface area contributed by atoms with E-state index in [-0.39, 0.29) is 11.9 Å². The number of aromatic nitrogens is 4. The molecule has 2 N–H and O–H groups in total. The molecule has 3 aliphatic rings. The van der Waals surface area contributed by atoms with Crippen molar-refractivity contribution < 1.29 is 4.79 Å². The Morgan fingerprint density at radius 1 is 1.10 bits per heavy atom. The summed E-state index contributed by atoms with van der Waals surface area (Å²) in [6.07, 6.45) is 8.11. The van der Waals surface area contributed by atoms with Gasteiger partial charge >= 0.3 is 0 Å². The minimum atomic E-state index is 0.0554. The maximum Gasteiger partial charge on any atom is 0.253 e. The molecule has 3 aromatic rings. The van der Waals surface area contributed by atoms with Crippen molar-refractivity contribution in [2.45, 2.75) is 62.9 Å². The highest BCUT2D eigenvalue weighted by molar-refractivity contribution is 5.98. The first kappa shape index (κ1) is 19.0. The summed E-state index contributed by atoms with van der Waals surface area (Å²) in [5.41, 5.74) is 11.0. The van der Waals surface area contributed by atoms with Crippen LogP contribution in [0, 0.1) is 0 Å². The topological polar surface area (TPSA) is 82.0 Å². The van der Waals surface area contributed by atoms with Crippen LogP contribution >= 0.6 is 0 Å². The molecule has 1 aliphatic heterocycles. The molecule has 2 aliphatic carbocycles. The number of hydrogen-bond acceptors (Lipinski definition) is 4. The zero-order valence-electron chi connectivity index (χ0n) is 18.1. The summed E-state index contributed by atoms with van der Waals surface area (Å²) >= 11 is 0. The zero-order valence-corrected chi connectivity index (χ0v) is 18.1. The molecular formula is C24H30N6O. The largest absolute Gasteiger partial charge is 0.337 e. The van der Waals surface area contributed by atoms with E-state index >= 15 is 0 Å². The van der Waals surface area contributed by atoms with Crippen molar-refractivity contribution in [3.05, 3.63) is 35.5 Å². The van der Waals surface area contributed by atoms with Crippen molar-refractivity contribution in [1.82, 2.24) is 24.2 Å². The minimum absolute atomic E-state index is 0.0554. The van der Waals surface area contributed by atoms with Gasteiger partial charge in [0, 0.05) is 37.7 Å². The minimum Gasteiger partial charge on any atom is -0.337 e. The number of fused-ring (bicyclic) bond motifs is 1. The van der Waals surface area contributed by atoms with Gasteiger partial charge in [0.2, 0.25) is 0 Å². The number of hydrogen-bond donors (Lipinski definition) is 1. The quantitative estimate of drug-likeness (QED) is 0.702. The van der Waals surface area contributed by atoms with Crippen molar-refractivity contribution in [1.29, 1.82) is 0 Å². The molecule has 0 radical (unpaired) electrons. The standard InChI is InChI=1S/C24H30N6O/c1-28-21-10-9-16(24(31)29-11-3-4-17(25)14-29)12-20(21)26-23(28)22-13-19(15-7-8-15)27-30(22)18-5-2-6-18/h9-10,12-13,15,17-18H,2-8,11,14,25H2,1H3/t17-/m1/s1. The molecule has 7 nitrogen and oxygen atoms in total. The third kappa shape index (κ3) is 3.26. The molecule has 1 atom stereocenters. The number of likely N-dealkylation sites (tertiary alicyclic amines) is 1. The van der Waals surface area contributed by atoms with Crippen LogP contribution in [0.15, 0.2) is 24.3 Å². The number of rotatable bonds is 4. The normalized spacial score (nSPS) is 22.1. The van der Waals surface area contributed by atoms with Crippen molar-refractivity contribution in [3.8, 4) is 11.5 Å². The van der Waals surface area contributed by atoms with Gasteiger partial charge in [-0.1, -0.05) is 0 Å². The summed E-state index contributed by atoms with van der Waals surface area (Å²) in [5.74, 6) is 1.61. The number of carbonyl (C=O) groups is 1. The highest BCUT2D eigenvalue weighted by Gasteiger charge is 2.32. The van der Waals surface area contributed by atoms with Crippen LogP contribution in [0.3, 0.4) is 0 Å². The van der Waals surface area contributed by atoms with Crippen LogP contribution in [0.1, 0.15) is 73.0 Å². The van der Waals surface area contributed by atoms with Crippen LogP contribution in [-0.4, -0.2) is 49.3 Å². The molecule has 1 amide bonds. The molecule has 0 bridgehead atoms. The Morgan fingerprint density at radius 3 is 2.65 bits per heavy atom. The summed E-state index contributed by atoms with van der Waals surface area (Å²) < 4.78 is 4.36. The number of carbonyl (C=O) groups excluding carboxylic acids is 1. The van der Waals surface area contributed by atoms with Gasteiger partial charge in [-0.2, -0.15) is 5.10 Å². The molecule has 0 spiro atoms. The van der Waals surface area contributed by atoms with Gasteiger partial charge in [-0.15, -0.1) is 0 Å². The second-order valence-corrected chi connectivity index (χ2v) is 9.61. The van der Waals surface area contributed by atoms with E-state index in [1.807, 2.05) is 23.1 Å². The van der Waals surface area contributed by atoms with Crippen molar-refractivity contribution in [2.75, 3.05) is 13.1 Å². The number of aryl methyl sites for hydroxylation is 1. The number of piperidine rings is 1. The molecular weight excluding hydrogens is 388 g/mol. The van der Waals surface area contributed by atoms with Gasteiger partial charge in [0.25, 0.3) is 5.91 Å². The highest BCUT2D eigenvalue weighted by atomic mass is 16.2. The summed E-state index contributed by atoms with van der Waals surface area (Å²) in [5, 5.41) is 4.99. The number of amides is 1. The summed E-state index contributed by atoms with van der Waals surface area (Å²) in [7, 11) is 2.06. The lowest BCUT2D eigenvalue weighted by Crippen LogP contribution is -2.45. The molecule has 6 rings (SSSR count). The predicted molar refractivity (Wildman–Crippen MR) is 120 cm³/mol. The van der Waals surface area contributed by atoms with E-state index < -0.39 is 0 Å². The molecule has 2 aromatic heterocycles. The second kappa shape index (κ2) is 7.19. The average Bonchev–Trinajstić information content (AvgIpc) is 3.42. The van der Waals surface area contributed by atoms with Crippen LogP contribution in [0.4, 0.5) is 0 Å². The number of benzene rings is 1. The van der Waals surface area contributed by atoms with Gasteiger partial charge in [0.15, 0.2) is 5.82 Å². The van der Waals surface area contributed by atoms with Gasteiger partial charge in [0.05, 0.1) is 22.8 Å². The summed E-state index contributed by atoms with van der Waals surface area (Å²) in [4.78, 5) is 19.9. The fraction of sp³-hybridized carbons (Fsp3) is 0.542. The third-order valence-electron chi connectivity index (χ3n) is 7.27. The first-order valence-corrected chi connectivity index (χ1v) is 11.7. The number of nitrogens with two attached hydrogens (primary N) is 1. The van der Waals surface area contributed by atoms with Gasteiger partial charge in [-0.3, -0.25) is 9.48 Å². The van der Waals surface area contributed by atoms with E-state index in [1.54, 1.807) is 0 Å². The Labute approximate surface area is 182 Å². The van der Waals surface area contributed by atoms with Crippen LogP contribution in [0.25, 0.3) is 22.6 Å². The zero-order chi connectivity index (χ0) is 21.1. The Hall–Kier alpha value is -2.67. The Morgan fingerprint density at radius 2 is 1.94 bits per heavy atom. The van der Waals surface area contributed by atoms with E-state index in [9.17, 15) is 4.79 Å². The van der Waals surface area contributed by atoms with Crippen molar-refractivity contribution in [3.63, 3.8) is 0 Å². The summed E-state index contributed by atoms with van der Waals surface area (Å²) in [6, 6.07) is 8.70. The fourth-order valence-corrected chi connectivity index (χ4v) is 5.01. The van der Waals surface area contributed by atoms with Gasteiger partial charge in [-0.25, -0.2) is 4.98 Å². The van der Waals surface area contributed by atoms with Gasteiger partial charge < -0.3 is 15.2 Å². The molecule has 31 heavy (non-hydrogen) atoms. The number of imidazole rings is 1. The molecule has 0 unspecified atom stereocenters. The first-order valence-electron chi connectivity index (χ1n) is 11.7. The maximum atomic E-state index is 13.0. The molecule has 1 saturated heterocycles. The van der Waals surface area contributed by atoms with Crippen LogP contribution in [-0.2, 0) is 7.05 Å². The first-order chi connectivity index (χ1) is 15.1. The molecule has 162 valence electrons. The van der Waals surface area contributed by atoms with E-state index in [0.717, 1.165) is 41.9 Å². The van der Waals surface area contributed by atoms with Crippen LogP contribution in [0.2, 0.25) is 0 Å². The molecule has 7 heteroatoms. The predicted octanol–water partition coefficient (Wildman–Crippen LogP) is 3.60. The molecule has 3 fully saturated rings. The van der Waals surface area contributed by atoms with E-state index in [4.69, 9.17) is 15.8 Å². The van der Waals surface area contributed by atoms with Crippen LogP contribution in [0.5, 0.6) is 0 Å². The monoisotopic (exact) mass is 418 g/mol. The van der Waals surface area contributed by atoms with E-state index in [1.165, 1.54) is 37.8 Å². The van der Waals surface area contributed by atoms with Crippen molar-refractivity contribution in [2.24, 2.45) is 12.8 Å². The van der Waals surface area contributed by atoms with E-state index in [2.05, 4.69) is 22.4 Å². The Bertz CT molecular complexity index is 1150. The molecule has 3 heterocycles. The molecule has 1 aromatic carbocycles. The van der Waals surface area contributed by atoms with Crippen molar-refractivity contribution >= 4 is 16.9 Å². The number of nitrogens with zero attached hydrogens (tertiary/aromatic N) is 5. The second-order valence-electron chi connectivity index (χ2n) is 9.61. The smallest absolute Gasteiger partial charge is 0.253 e. The van der Waals surface area contributed by atoms with Gasteiger partial charge in [0.1, 0.15) is 5.69 Å². The highest BCUT2D eigenvalue weighted by Crippen LogP contribution is 2.43. The summed E-state index contributed by atoms with van der Waals surface area (Å²) in [6.45, 7) is 1.41.